The molecule has 0 atom stereocenters. The maximum absolute atomic E-state index is 12.5. The van der Waals surface area contributed by atoms with Crippen molar-refractivity contribution in [2.75, 3.05) is 31.6 Å². The van der Waals surface area contributed by atoms with E-state index in [1.165, 1.54) is 0 Å². The van der Waals surface area contributed by atoms with E-state index in [0.29, 0.717) is 38.1 Å². The van der Waals surface area contributed by atoms with Gasteiger partial charge in [0.25, 0.3) is 0 Å². The molecule has 0 saturated carbocycles. The largest absolute Gasteiger partial charge is 0.380 e. The molecule has 0 saturated heterocycles. The van der Waals surface area contributed by atoms with Crippen LogP contribution in [-0.2, 0) is 16.1 Å². The summed E-state index contributed by atoms with van der Waals surface area (Å²) in [4.78, 5) is 22.0. The summed E-state index contributed by atoms with van der Waals surface area (Å²) in [5, 5.41) is 12.9. The van der Waals surface area contributed by atoms with Crippen LogP contribution in [0.4, 0.5) is 5.82 Å². The van der Waals surface area contributed by atoms with Crippen LogP contribution in [0.1, 0.15) is 60.3 Å². The van der Waals surface area contributed by atoms with Crippen molar-refractivity contribution in [1.82, 2.24) is 25.1 Å². The number of thioether (sulfide) groups is 1. The van der Waals surface area contributed by atoms with Gasteiger partial charge < -0.3 is 15.4 Å². The fourth-order valence-electron chi connectivity index (χ4n) is 3.42. The standard InChI is InChI=1S/C22H38N6O2S/c1-6-9-17(10-7-2)21(29)24-11-13-28-20-18(15-25-28)19(23-12-14-30-8-3)26-22(27-20)31-16(4)5/h15-17H,6-14H2,1-5H3,(H,24,29)(H,23,26,27). The third-order valence-corrected chi connectivity index (χ3v) is 5.69. The van der Waals surface area contributed by atoms with Crippen LogP contribution >= 0.6 is 11.8 Å². The zero-order valence-electron chi connectivity index (χ0n) is 19.6. The number of anilines is 1. The Morgan fingerprint density at radius 1 is 1.16 bits per heavy atom. The molecule has 0 fully saturated rings. The molecule has 0 aliphatic rings. The van der Waals surface area contributed by atoms with Crippen LogP contribution in [0.15, 0.2) is 11.4 Å². The molecule has 2 heterocycles. The minimum atomic E-state index is 0.0990. The van der Waals surface area contributed by atoms with Crippen molar-refractivity contribution in [1.29, 1.82) is 0 Å². The molecule has 1 amide bonds. The minimum absolute atomic E-state index is 0.0990. The van der Waals surface area contributed by atoms with Gasteiger partial charge in [-0.15, -0.1) is 0 Å². The smallest absolute Gasteiger partial charge is 0.223 e. The van der Waals surface area contributed by atoms with Crippen LogP contribution in [0, 0.1) is 5.92 Å². The second-order valence-corrected chi connectivity index (χ2v) is 9.36. The van der Waals surface area contributed by atoms with Crippen LogP contribution in [0.5, 0.6) is 0 Å². The van der Waals surface area contributed by atoms with Crippen molar-refractivity contribution in [3.8, 4) is 0 Å². The number of nitrogens with zero attached hydrogens (tertiary/aromatic N) is 4. The Morgan fingerprint density at radius 3 is 2.55 bits per heavy atom. The molecule has 2 N–H and O–H groups in total. The number of amides is 1. The van der Waals surface area contributed by atoms with Crippen molar-refractivity contribution >= 4 is 34.5 Å². The maximum atomic E-state index is 12.5. The van der Waals surface area contributed by atoms with E-state index in [-0.39, 0.29) is 11.8 Å². The summed E-state index contributed by atoms with van der Waals surface area (Å²) < 4.78 is 7.28. The molecule has 0 aliphatic carbocycles. The molecule has 0 aliphatic heterocycles. The lowest BCUT2D eigenvalue weighted by atomic mass is 9.97. The van der Waals surface area contributed by atoms with Crippen LogP contribution < -0.4 is 10.6 Å². The van der Waals surface area contributed by atoms with Crippen molar-refractivity contribution in [3.05, 3.63) is 6.20 Å². The summed E-state index contributed by atoms with van der Waals surface area (Å²) in [6.45, 7) is 13.6. The van der Waals surface area contributed by atoms with Gasteiger partial charge in [-0.25, -0.2) is 14.6 Å². The number of fused-ring (bicyclic) bond motifs is 1. The summed E-state index contributed by atoms with van der Waals surface area (Å²) in [5.41, 5.74) is 0.782. The van der Waals surface area contributed by atoms with E-state index >= 15 is 0 Å². The second-order valence-electron chi connectivity index (χ2n) is 7.82. The van der Waals surface area contributed by atoms with Crippen molar-refractivity contribution in [2.45, 2.75) is 77.3 Å². The Bertz CT molecular complexity index is 805. The van der Waals surface area contributed by atoms with Gasteiger partial charge in [-0.3, -0.25) is 4.79 Å². The summed E-state index contributed by atoms with van der Waals surface area (Å²) in [6, 6.07) is 0. The Kier molecular flexibility index (Phi) is 11.1. The Labute approximate surface area is 190 Å². The lowest BCUT2D eigenvalue weighted by molar-refractivity contribution is -0.125. The number of carbonyl (C=O) groups excluding carboxylic acids is 1. The molecule has 174 valence electrons. The van der Waals surface area contributed by atoms with Gasteiger partial charge in [-0.1, -0.05) is 52.3 Å². The Morgan fingerprint density at radius 2 is 1.90 bits per heavy atom. The maximum Gasteiger partial charge on any atom is 0.223 e. The average Bonchev–Trinajstić information content (AvgIpc) is 3.13. The van der Waals surface area contributed by atoms with E-state index in [9.17, 15) is 4.79 Å². The molecule has 0 aromatic carbocycles. The first-order valence-electron chi connectivity index (χ1n) is 11.5. The number of hydrogen-bond acceptors (Lipinski definition) is 7. The first-order valence-corrected chi connectivity index (χ1v) is 12.4. The molecular weight excluding hydrogens is 412 g/mol. The molecule has 0 radical (unpaired) electrons. The highest BCUT2D eigenvalue weighted by molar-refractivity contribution is 7.99. The summed E-state index contributed by atoms with van der Waals surface area (Å²) in [5.74, 6) is 1.01. The molecule has 8 nitrogen and oxygen atoms in total. The van der Waals surface area contributed by atoms with E-state index in [2.05, 4.69) is 48.4 Å². The van der Waals surface area contributed by atoms with Gasteiger partial charge in [0.2, 0.25) is 5.91 Å². The molecular formula is C22H38N6O2S. The number of hydrogen-bond donors (Lipinski definition) is 2. The normalized spacial score (nSPS) is 11.6. The highest BCUT2D eigenvalue weighted by Crippen LogP contribution is 2.26. The zero-order valence-corrected chi connectivity index (χ0v) is 20.4. The molecule has 2 aromatic heterocycles. The van der Waals surface area contributed by atoms with E-state index < -0.39 is 0 Å². The van der Waals surface area contributed by atoms with Gasteiger partial charge in [-0.2, -0.15) is 5.10 Å². The number of carbonyl (C=O) groups is 1. The Hall–Kier alpha value is -1.87. The van der Waals surface area contributed by atoms with Crippen LogP contribution in [0.25, 0.3) is 11.0 Å². The van der Waals surface area contributed by atoms with Crippen LogP contribution in [0.2, 0.25) is 0 Å². The van der Waals surface area contributed by atoms with E-state index in [0.717, 1.165) is 47.7 Å². The molecule has 0 bridgehead atoms. The zero-order chi connectivity index (χ0) is 22.6. The van der Waals surface area contributed by atoms with Gasteiger partial charge in [0, 0.05) is 30.9 Å². The lowest BCUT2D eigenvalue weighted by Crippen LogP contribution is -2.33. The minimum Gasteiger partial charge on any atom is -0.380 e. The number of rotatable bonds is 15. The number of ether oxygens (including phenoxy) is 1. The van der Waals surface area contributed by atoms with E-state index in [4.69, 9.17) is 9.72 Å². The van der Waals surface area contributed by atoms with Crippen molar-refractivity contribution in [2.24, 2.45) is 5.92 Å². The van der Waals surface area contributed by atoms with Crippen LogP contribution in [-0.4, -0.2) is 57.2 Å². The van der Waals surface area contributed by atoms with E-state index in [1.54, 1.807) is 18.0 Å². The number of aromatic nitrogens is 4. The average molecular weight is 451 g/mol. The molecule has 0 unspecified atom stereocenters. The predicted octanol–water partition coefficient (Wildman–Crippen LogP) is 4.11. The summed E-state index contributed by atoms with van der Waals surface area (Å²) >= 11 is 1.62. The molecule has 9 heteroatoms. The fraction of sp³-hybridized carbons (Fsp3) is 0.727. The molecule has 2 rings (SSSR count). The third kappa shape index (κ3) is 7.96. The molecule has 2 aromatic rings. The van der Waals surface area contributed by atoms with E-state index in [1.807, 2.05) is 11.6 Å². The first-order chi connectivity index (χ1) is 15.0. The molecule has 0 spiro atoms. The van der Waals surface area contributed by atoms with Gasteiger partial charge >= 0.3 is 0 Å². The SMILES string of the molecule is CCCC(CCC)C(=O)NCCn1ncc2c(NCCOCC)nc(SC(C)C)nc21. The van der Waals surface area contributed by atoms with Crippen molar-refractivity contribution in [3.63, 3.8) is 0 Å². The van der Waals surface area contributed by atoms with Gasteiger partial charge in [0.15, 0.2) is 10.8 Å². The monoisotopic (exact) mass is 450 g/mol. The molecule has 31 heavy (non-hydrogen) atoms. The predicted molar refractivity (Wildman–Crippen MR) is 128 cm³/mol. The summed E-state index contributed by atoms with van der Waals surface area (Å²) in [7, 11) is 0. The van der Waals surface area contributed by atoms with Gasteiger partial charge in [-0.05, 0) is 19.8 Å². The second kappa shape index (κ2) is 13.5. The third-order valence-electron chi connectivity index (χ3n) is 4.83. The van der Waals surface area contributed by atoms with Gasteiger partial charge in [0.1, 0.15) is 5.82 Å². The first kappa shape index (κ1) is 25.4. The van der Waals surface area contributed by atoms with Crippen molar-refractivity contribution < 1.29 is 9.53 Å². The highest BCUT2D eigenvalue weighted by Gasteiger charge is 2.17. The topological polar surface area (TPSA) is 94.0 Å². The van der Waals surface area contributed by atoms with Gasteiger partial charge in [0.05, 0.1) is 24.7 Å². The quantitative estimate of drug-likeness (QED) is 0.240. The Balaban J connectivity index is 2.11. The van der Waals surface area contributed by atoms with Crippen LogP contribution in [0.3, 0.4) is 0 Å². The summed E-state index contributed by atoms with van der Waals surface area (Å²) in [6.07, 6.45) is 5.71. The lowest BCUT2D eigenvalue weighted by Gasteiger charge is -2.15. The highest BCUT2D eigenvalue weighted by atomic mass is 32.2. The fourth-order valence-corrected chi connectivity index (χ4v) is 4.12. The number of nitrogens with one attached hydrogen (secondary N) is 2.